The van der Waals surface area contributed by atoms with E-state index in [4.69, 9.17) is 0 Å². The highest BCUT2D eigenvalue weighted by Crippen LogP contribution is 2.11. The van der Waals surface area contributed by atoms with Gasteiger partial charge < -0.3 is 15.5 Å². The molecule has 0 spiro atoms. The predicted molar refractivity (Wildman–Crippen MR) is 78.3 cm³/mol. The van der Waals surface area contributed by atoms with Crippen molar-refractivity contribution in [2.75, 3.05) is 38.1 Å². The lowest BCUT2D eigenvalue weighted by Crippen LogP contribution is -2.42. The minimum Gasteiger partial charge on any atom is -0.373 e. The van der Waals surface area contributed by atoms with Crippen LogP contribution in [0.2, 0.25) is 0 Å². The van der Waals surface area contributed by atoms with Gasteiger partial charge in [-0.25, -0.2) is 0 Å². The van der Waals surface area contributed by atoms with Gasteiger partial charge in [0.05, 0.1) is 5.92 Å². The summed E-state index contributed by atoms with van der Waals surface area (Å²) in [6.07, 6.45) is 2.11. The SMILES string of the molecule is CN(CCNC(=O)[C@H]1CCCNC1)c1ccccc1. The van der Waals surface area contributed by atoms with Crippen LogP contribution in [-0.4, -0.2) is 39.1 Å². The number of hydrogen-bond acceptors (Lipinski definition) is 3. The fraction of sp³-hybridized carbons (Fsp3) is 0.533. The normalized spacial score (nSPS) is 18.9. The molecule has 4 nitrogen and oxygen atoms in total. The van der Waals surface area contributed by atoms with Crippen LogP contribution in [0.4, 0.5) is 5.69 Å². The summed E-state index contributed by atoms with van der Waals surface area (Å²) in [7, 11) is 2.05. The molecule has 0 radical (unpaired) electrons. The van der Waals surface area contributed by atoms with Gasteiger partial charge in [-0.1, -0.05) is 18.2 Å². The summed E-state index contributed by atoms with van der Waals surface area (Å²) >= 11 is 0. The van der Waals surface area contributed by atoms with E-state index in [0.29, 0.717) is 6.54 Å². The smallest absolute Gasteiger partial charge is 0.224 e. The lowest BCUT2D eigenvalue weighted by atomic mass is 9.99. The monoisotopic (exact) mass is 261 g/mol. The molecule has 0 saturated carbocycles. The number of nitrogens with zero attached hydrogens (tertiary/aromatic N) is 1. The summed E-state index contributed by atoms with van der Waals surface area (Å²) < 4.78 is 0. The zero-order valence-corrected chi connectivity index (χ0v) is 11.6. The number of likely N-dealkylation sites (N-methyl/N-ethyl adjacent to an activating group) is 1. The first-order valence-electron chi connectivity index (χ1n) is 7.02. The second kappa shape index (κ2) is 7.14. The molecule has 1 aromatic rings. The molecule has 19 heavy (non-hydrogen) atoms. The van der Waals surface area contributed by atoms with E-state index in [-0.39, 0.29) is 11.8 Å². The van der Waals surface area contributed by atoms with Gasteiger partial charge in [0, 0.05) is 32.4 Å². The Morgan fingerprint density at radius 2 is 2.21 bits per heavy atom. The van der Waals surface area contributed by atoms with Crippen molar-refractivity contribution in [3.63, 3.8) is 0 Å². The number of carbonyl (C=O) groups excluding carboxylic acids is 1. The van der Waals surface area contributed by atoms with E-state index < -0.39 is 0 Å². The lowest BCUT2D eigenvalue weighted by Gasteiger charge is -2.23. The van der Waals surface area contributed by atoms with Crippen LogP contribution in [-0.2, 0) is 4.79 Å². The number of rotatable bonds is 5. The zero-order chi connectivity index (χ0) is 13.5. The Balaban J connectivity index is 1.69. The van der Waals surface area contributed by atoms with Gasteiger partial charge in [-0.3, -0.25) is 4.79 Å². The molecule has 1 atom stereocenters. The van der Waals surface area contributed by atoms with Crippen molar-refractivity contribution in [2.45, 2.75) is 12.8 Å². The van der Waals surface area contributed by atoms with Crippen molar-refractivity contribution in [1.82, 2.24) is 10.6 Å². The van der Waals surface area contributed by atoms with Crippen LogP contribution >= 0.6 is 0 Å². The van der Waals surface area contributed by atoms with Gasteiger partial charge in [0.2, 0.25) is 5.91 Å². The fourth-order valence-corrected chi connectivity index (χ4v) is 2.38. The van der Waals surface area contributed by atoms with Crippen molar-refractivity contribution >= 4 is 11.6 Å². The van der Waals surface area contributed by atoms with E-state index in [1.807, 2.05) is 25.2 Å². The highest BCUT2D eigenvalue weighted by Gasteiger charge is 2.20. The Morgan fingerprint density at radius 1 is 1.42 bits per heavy atom. The maximum absolute atomic E-state index is 11.9. The van der Waals surface area contributed by atoms with E-state index in [1.54, 1.807) is 0 Å². The molecule has 104 valence electrons. The van der Waals surface area contributed by atoms with E-state index in [1.165, 1.54) is 5.69 Å². The Bertz CT molecular complexity index is 388. The molecule has 1 aliphatic heterocycles. The van der Waals surface area contributed by atoms with Crippen LogP contribution < -0.4 is 15.5 Å². The average Bonchev–Trinajstić information content (AvgIpc) is 2.49. The van der Waals surface area contributed by atoms with E-state index in [0.717, 1.165) is 32.5 Å². The summed E-state index contributed by atoms with van der Waals surface area (Å²) in [5.41, 5.74) is 1.18. The molecular weight excluding hydrogens is 238 g/mol. The fourth-order valence-electron chi connectivity index (χ4n) is 2.38. The second-order valence-corrected chi connectivity index (χ2v) is 5.09. The number of hydrogen-bond donors (Lipinski definition) is 2. The van der Waals surface area contributed by atoms with Crippen molar-refractivity contribution in [2.24, 2.45) is 5.92 Å². The third-order valence-corrected chi connectivity index (χ3v) is 3.61. The van der Waals surface area contributed by atoms with Gasteiger partial charge in [0.25, 0.3) is 0 Å². The molecule has 1 heterocycles. The quantitative estimate of drug-likeness (QED) is 0.838. The minimum atomic E-state index is 0.149. The molecule has 1 saturated heterocycles. The number of benzene rings is 1. The Kier molecular flexibility index (Phi) is 5.21. The van der Waals surface area contributed by atoms with Gasteiger partial charge in [-0.05, 0) is 31.5 Å². The van der Waals surface area contributed by atoms with Crippen LogP contribution in [0.5, 0.6) is 0 Å². The summed E-state index contributed by atoms with van der Waals surface area (Å²) in [5.74, 6) is 0.337. The number of amides is 1. The Hall–Kier alpha value is -1.55. The first-order valence-corrected chi connectivity index (χ1v) is 7.02. The number of anilines is 1. The van der Waals surface area contributed by atoms with Gasteiger partial charge in [-0.2, -0.15) is 0 Å². The zero-order valence-electron chi connectivity index (χ0n) is 11.6. The minimum absolute atomic E-state index is 0.149. The van der Waals surface area contributed by atoms with Gasteiger partial charge in [0.15, 0.2) is 0 Å². The summed E-state index contributed by atoms with van der Waals surface area (Å²) in [5, 5.41) is 6.30. The number of carbonyl (C=O) groups is 1. The maximum Gasteiger partial charge on any atom is 0.224 e. The summed E-state index contributed by atoms with van der Waals surface area (Å²) in [6, 6.07) is 10.2. The van der Waals surface area contributed by atoms with Crippen molar-refractivity contribution in [3.8, 4) is 0 Å². The maximum atomic E-state index is 11.9. The molecule has 0 aliphatic carbocycles. The van der Waals surface area contributed by atoms with Crippen LogP contribution in [0.15, 0.2) is 30.3 Å². The van der Waals surface area contributed by atoms with Crippen LogP contribution in [0, 0.1) is 5.92 Å². The molecule has 4 heteroatoms. The lowest BCUT2D eigenvalue weighted by molar-refractivity contribution is -0.125. The van der Waals surface area contributed by atoms with Gasteiger partial charge in [-0.15, -0.1) is 0 Å². The topological polar surface area (TPSA) is 44.4 Å². The van der Waals surface area contributed by atoms with E-state index >= 15 is 0 Å². The van der Waals surface area contributed by atoms with Crippen LogP contribution in [0.3, 0.4) is 0 Å². The number of piperidine rings is 1. The molecule has 0 bridgehead atoms. The summed E-state index contributed by atoms with van der Waals surface area (Å²) in [6.45, 7) is 3.39. The Morgan fingerprint density at radius 3 is 2.89 bits per heavy atom. The molecule has 2 rings (SSSR count). The third-order valence-electron chi connectivity index (χ3n) is 3.61. The molecule has 1 aliphatic rings. The third kappa shape index (κ3) is 4.24. The number of nitrogens with one attached hydrogen (secondary N) is 2. The van der Waals surface area contributed by atoms with Gasteiger partial charge >= 0.3 is 0 Å². The van der Waals surface area contributed by atoms with Crippen molar-refractivity contribution in [3.05, 3.63) is 30.3 Å². The van der Waals surface area contributed by atoms with E-state index in [2.05, 4.69) is 27.7 Å². The van der Waals surface area contributed by atoms with E-state index in [9.17, 15) is 4.79 Å². The summed E-state index contributed by atoms with van der Waals surface area (Å²) in [4.78, 5) is 14.1. The molecule has 0 aromatic heterocycles. The average molecular weight is 261 g/mol. The van der Waals surface area contributed by atoms with Crippen LogP contribution in [0.25, 0.3) is 0 Å². The highest BCUT2D eigenvalue weighted by molar-refractivity contribution is 5.79. The number of para-hydroxylation sites is 1. The van der Waals surface area contributed by atoms with Gasteiger partial charge in [0.1, 0.15) is 0 Å². The highest BCUT2D eigenvalue weighted by atomic mass is 16.1. The van der Waals surface area contributed by atoms with Crippen LogP contribution in [0.1, 0.15) is 12.8 Å². The Labute approximate surface area is 115 Å². The first kappa shape index (κ1) is 13.9. The molecule has 2 N–H and O–H groups in total. The van der Waals surface area contributed by atoms with Crippen molar-refractivity contribution in [1.29, 1.82) is 0 Å². The largest absolute Gasteiger partial charge is 0.373 e. The predicted octanol–water partition coefficient (Wildman–Crippen LogP) is 1.24. The molecular formula is C15H23N3O. The first-order chi connectivity index (χ1) is 9.27. The standard InChI is InChI=1S/C15H23N3O/c1-18(14-7-3-2-4-8-14)11-10-17-15(19)13-6-5-9-16-12-13/h2-4,7-8,13,16H,5-6,9-12H2,1H3,(H,17,19)/t13-/m0/s1. The van der Waals surface area contributed by atoms with Crippen molar-refractivity contribution < 1.29 is 4.79 Å². The molecule has 1 aromatic carbocycles. The molecule has 1 amide bonds. The molecule has 0 unspecified atom stereocenters. The molecule has 1 fully saturated rings. The second-order valence-electron chi connectivity index (χ2n) is 5.09.